The predicted octanol–water partition coefficient (Wildman–Crippen LogP) is 2.12. The molecule has 1 aliphatic carbocycles. The van der Waals surface area contributed by atoms with Crippen molar-refractivity contribution in [3.63, 3.8) is 0 Å². The van der Waals surface area contributed by atoms with Crippen LogP contribution in [-0.4, -0.2) is 16.8 Å². The van der Waals surface area contributed by atoms with Crippen LogP contribution in [0, 0.1) is 5.92 Å². The summed E-state index contributed by atoms with van der Waals surface area (Å²) in [4.78, 5) is 26.0. The van der Waals surface area contributed by atoms with Gasteiger partial charge in [-0.15, -0.1) is 0 Å². The largest absolute Gasteiger partial charge is 0.356 e. The molecule has 3 N–H and O–H groups in total. The molecule has 2 rings (SSSR count). The van der Waals surface area contributed by atoms with E-state index in [-0.39, 0.29) is 11.8 Å². The van der Waals surface area contributed by atoms with E-state index in [4.69, 9.17) is 0 Å². The van der Waals surface area contributed by atoms with Gasteiger partial charge in [-0.05, 0) is 40.8 Å². The highest BCUT2D eigenvalue weighted by atomic mass is 79.9. The topological polar surface area (TPSA) is 74.0 Å². The summed E-state index contributed by atoms with van der Waals surface area (Å²) in [6.07, 6.45) is 6.81. The Labute approximate surface area is 114 Å². The lowest BCUT2D eigenvalue weighted by Gasteiger charge is -2.09. The van der Waals surface area contributed by atoms with E-state index in [1.807, 2.05) is 0 Å². The van der Waals surface area contributed by atoms with Crippen molar-refractivity contribution in [3.8, 4) is 0 Å². The Morgan fingerprint density at radius 2 is 2.06 bits per heavy atom. The fourth-order valence-corrected chi connectivity index (χ4v) is 2.56. The first kappa shape index (κ1) is 13.1. The van der Waals surface area contributed by atoms with E-state index in [1.165, 1.54) is 12.8 Å². The highest BCUT2D eigenvalue weighted by molar-refractivity contribution is 9.10. The van der Waals surface area contributed by atoms with E-state index in [2.05, 4.69) is 31.8 Å². The van der Waals surface area contributed by atoms with Crippen LogP contribution in [0.15, 0.2) is 16.7 Å². The van der Waals surface area contributed by atoms with Gasteiger partial charge in [0.2, 0.25) is 5.91 Å². The van der Waals surface area contributed by atoms with Gasteiger partial charge >= 0.3 is 0 Å². The summed E-state index contributed by atoms with van der Waals surface area (Å²) in [5.74, 6) is 0.00266. The number of carbonyl (C=O) groups excluding carboxylic acids is 2. The van der Waals surface area contributed by atoms with Crippen molar-refractivity contribution in [2.75, 3.05) is 0 Å². The van der Waals surface area contributed by atoms with Crippen LogP contribution < -0.4 is 10.9 Å². The van der Waals surface area contributed by atoms with Crippen molar-refractivity contribution in [1.29, 1.82) is 0 Å². The molecule has 1 aromatic heterocycles. The van der Waals surface area contributed by atoms with Crippen LogP contribution in [0.2, 0.25) is 0 Å². The molecule has 0 radical (unpaired) electrons. The molecule has 1 aliphatic rings. The molecule has 18 heavy (non-hydrogen) atoms. The summed E-state index contributed by atoms with van der Waals surface area (Å²) < 4.78 is 0.796. The van der Waals surface area contributed by atoms with E-state index in [9.17, 15) is 9.59 Å². The van der Waals surface area contributed by atoms with Crippen molar-refractivity contribution in [1.82, 2.24) is 15.8 Å². The monoisotopic (exact) mass is 313 g/mol. The molecular weight excluding hydrogens is 298 g/mol. The maximum absolute atomic E-state index is 11.6. The first-order valence-electron chi connectivity index (χ1n) is 6.08. The minimum absolute atomic E-state index is 0.124. The second-order valence-corrected chi connectivity index (χ2v) is 5.50. The number of amides is 2. The molecule has 1 heterocycles. The molecule has 6 heteroatoms. The molecule has 1 saturated carbocycles. The Balaban J connectivity index is 1.73. The van der Waals surface area contributed by atoms with E-state index in [1.54, 1.807) is 12.3 Å². The van der Waals surface area contributed by atoms with E-state index in [0.717, 1.165) is 17.3 Å². The van der Waals surface area contributed by atoms with Gasteiger partial charge in [0.15, 0.2) is 0 Å². The summed E-state index contributed by atoms with van der Waals surface area (Å²) in [6, 6.07) is 1.65. The number of rotatable bonds is 3. The summed E-state index contributed by atoms with van der Waals surface area (Å²) in [5, 5.41) is 0. The minimum Gasteiger partial charge on any atom is -0.356 e. The van der Waals surface area contributed by atoms with Crippen LogP contribution in [0.25, 0.3) is 0 Å². The zero-order valence-corrected chi connectivity index (χ0v) is 11.5. The van der Waals surface area contributed by atoms with Crippen molar-refractivity contribution in [2.45, 2.75) is 32.1 Å². The highest BCUT2D eigenvalue weighted by Gasteiger charge is 2.18. The third kappa shape index (κ3) is 3.60. The smallest absolute Gasteiger partial charge is 0.286 e. The maximum Gasteiger partial charge on any atom is 0.286 e. The Kier molecular flexibility index (Phi) is 4.41. The quantitative estimate of drug-likeness (QED) is 0.748. The molecule has 0 aromatic carbocycles. The van der Waals surface area contributed by atoms with Gasteiger partial charge in [-0.1, -0.05) is 12.8 Å². The Morgan fingerprint density at radius 1 is 1.33 bits per heavy atom. The third-order valence-electron chi connectivity index (χ3n) is 3.16. The van der Waals surface area contributed by atoms with E-state index >= 15 is 0 Å². The van der Waals surface area contributed by atoms with Crippen LogP contribution in [0.3, 0.4) is 0 Å². The normalized spacial score (nSPS) is 15.6. The highest BCUT2D eigenvalue weighted by Crippen LogP contribution is 2.27. The summed E-state index contributed by atoms with van der Waals surface area (Å²) in [7, 11) is 0. The van der Waals surface area contributed by atoms with Crippen molar-refractivity contribution in [3.05, 3.63) is 22.4 Å². The molecule has 0 aliphatic heterocycles. The predicted molar refractivity (Wildman–Crippen MR) is 70.7 cm³/mol. The fraction of sp³-hybridized carbons (Fsp3) is 0.500. The van der Waals surface area contributed by atoms with Crippen molar-refractivity contribution in [2.24, 2.45) is 5.92 Å². The van der Waals surface area contributed by atoms with Gasteiger partial charge in [-0.2, -0.15) is 0 Å². The molecule has 5 nitrogen and oxygen atoms in total. The average molecular weight is 314 g/mol. The number of H-pyrrole nitrogens is 1. The number of aromatic amines is 1. The van der Waals surface area contributed by atoms with Gasteiger partial charge in [0, 0.05) is 17.1 Å². The van der Waals surface area contributed by atoms with E-state index < -0.39 is 0 Å². The molecule has 0 bridgehead atoms. The van der Waals surface area contributed by atoms with Gasteiger partial charge in [0.1, 0.15) is 5.69 Å². The standard InChI is InChI=1S/C12H16BrN3O2/c13-9-6-10(14-7-9)12(18)16-15-11(17)5-8-3-1-2-4-8/h6-8,14H,1-5H2,(H,15,17)(H,16,18). The zero-order chi connectivity index (χ0) is 13.0. The molecule has 0 unspecified atom stereocenters. The van der Waals surface area contributed by atoms with E-state index in [0.29, 0.717) is 18.0 Å². The minimum atomic E-state index is -0.347. The Bertz CT molecular complexity index is 438. The molecule has 0 atom stereocenters. The van der Waals surface area contributed by atoms with Crippen molar-refractivity contribution >= 4 is 27.7 Å². The Morgan fingerprint density at radius 3 is 2.67 bits per heavy atom. The second kappa shape index (κ2) is 6.04. The maximum atomic E-state index is 11.6. The second-order valence-electron chi connectivity index (χ2n) is 4.59. The van der Waals surface area contributed by atoms with Gasteiger partial charge in [-0.3, -0.25) is 20.4 Å². The summed E-state index contributed by atoms with van der Waals surface area (Å²) in [6.45, 7) is 0. The van der Waals surface area contributed by atoms with Crippen LogP contribution in [0.4, 0.5) is 0 Å². The molecular formula is C12H16BrN3O2. The first-order valence-corrected chi connectivity index (χ1v) is 6.87. The molecule has 0 spiro atoms. The van der Waals surface area contributed by atoms with Crippen LogP contribution in [0.1, 0.15) is 42.6 Å². The number of aromatic nitrogens is 1. The lowest BCUT2D eigenvalue weighted by Crippen LogP contribution is -2.42. The lowest BCUT2D eigenvalue weighted by atomic mass is 10.0. The van der Waals surface area contributed by atoms with Crippen LogP contribution in [-0.2, 0) is 4.79 Å². The van der Waals surface area contributed by atoms with Crippen molar-refractivity contribution < 1.29 is 9.59 Å². The molecule has 1 fully saturated rings. The summed E-state index contributed by atoms with van der Waals surface area (Å²) in [5.41, 5.74) is 5.24. The lowest BCUT2D eigenvalue weighted by molar-refractivity contribution is -0.122. The first-order chi connectivity index (χ1) is 8.65. The van der Waals surface area contributed by atoms with Crippen LogP contribution in [0.5, 0.6) is 0 Å². The summed E-state index contributed by atoms with van der Waals surface area (Å²) >= 11 is 3.24. The number of hydrogen-bond donors (Lipinski definition) is 3. The van der Waals surface area contributed by atoms with Gasteiger partial charge < -0.3 is 4.98 Å². The number of carbonyl (C=O) groups is 2. The van der Waals surface area contributed by atoms with Gasteiger partial charge in [-0.25, -0.2) is 0 Å². The number of hydrogen-bond acceptors (Lipinski definition) is 2. The SMILES string of the molecule is O=C(CC1CCCC1)NNC(=O)c1cc(Br)c[nH]1. The van der Waals surface area contributed by atoms with Gasteiger partial charge in [0.05, 0.1) is 0 Å². The number of halogens is 1. The molecule has 2 amide bonds. The fourth-order valence-electron chi connectivity index (χ4n) is 2.22. The molecule has 0 saturated heterocycles. The Hall–Kier alpha value is -1.30. The van der Waals surface area contributed by atoms with Crippen LogP contribution >= 0.6 is 15.9 Å². The zero-order valence-electron chi connectivity index (χ0n) is 9.96. The third-order valence-corrected chi connectivity index (χ3v) is 3.61. The molecule has 98 valence electrons. The number of hydrazine groups is 1. The molecule has 1 aromatic rings. The van der Waals surface area contributed by atoms with Gasteiger partial charge in [0.25, 0.3) is 5.91 Å². The average Bonchev–Trinajstić information content (AvgIpc) is 2.97. The number of nitrogens with one attached hydrogen (secondary N) is 3.